The minimum Gasteiger partial charge on any atom is -0.368 e. The van der Waals surface area contributed by atoms with Crippen molar-refractivity contribution in [2.24, 2.45) is 11.5 Å². The number of hydrogen-bond donors (Lipinski definition) is 2. The van der Waals surface area contributed by atoms with Crippen LogP contribution < -0.4 is 11.5 Å². The second-order valence-electron chi connectivity index (χ2n) is 6.04. The van der Waals surface area contributed by atoms with Crippen LogP contribution in [0.15, 0.2) is 0 Å². The molecule has 0 aromatic heterocycles. The highest BCUT2D eigenvalue weighted by molar-refractivity contribution is 5.84. The first-order valence-corrected chi connectivity index (χ1v) is 7.41. The molecule has 2 aliphatic rings. The molecule has 2 saturated carbocycles. The largest absolute Gasteiger partial charge is 0.368 e. The molecule has 0 aliphatic heterocycles. The van der Waals surface area contributed by atoms with Crippen molar-refractivity contribution in [2.75, 3.05) is 6.54 Å². The minimum atomic E-state index is -0.769. The number of hydrogen-bond acceptors (Lipinski definition) is 3. The fourth-order valence-corrected chi connectivity index (χ4v) is 3.84. The summed E-state index contributed by atoms with van der Waals surface area (Å²) < 4.78 is 0. The Balaban J connectivity index is 2.04. The summed E-state index contributed by atoms with van der Waals surface area (Å²) in [6, 6.07) is 1.15. The summed E-state index contributed by atoms with van der Waals surface area (Å²) >= 11 is 0. The molecule has 0 aromatic rings. The molecule has 18 heavy (non-hydrogen) atoms. The van der Waals surface area contributed by atoms with Crippen molar-refractivity contribution >= 4 is 5.91 Å². The first-order chi connectivity index (χ1) is 8.57. The maximum Gasteiger partial charge on any atom is 0.237 e. The van der Waals surface area contributed by atoms with Crippen molar-refractivity contribution < 1.29 is 4.79 Å². The summed E-state index contributed by atoms with van der Waals surface area (Å²) in [7, 11) is 0. The molecule has 0 spiro atoms. The number of carbonyl (C=O) groups excluding carboxylic acids is 1. The van der Waals surface area contributed by atoms with Crippen LogP contribution in [0, 0.1) is 0 Å². The standard InChI is InChI=1S/C14H27N3O/c1-2-17(11-6-3-4-7-11)12-8-5-9-14(16,10-12)13(15)18/h11-12H,2-10,16H2,1H3,(H2,15,18). The third-order valence-electron chi connectivity index (χ3n) is 4.88. The smallest absolute Gasteiger partial charge is 0.237 e. The van der Waals surface area contributed by atoms with Crippen molar-refractivity contribution in [3.8, 4) is 0 Å². The van der Waals surface area contributed by atoms with Gasteiger partial charge in [0.1, 0.15) is 0 Å². The Labute approximate surface area is 110 Å². The van der Waals surface area contributed by atoms with Crippen molar-refractivity contribution in [3.05, 3.63) is 0 Å². The van der Waals surface area contributed by atoms with Crippen molar-refractivity contribution in [1.29, 1.82) is 0 Å². The number of amides is 1. The predicted octanol–water partition coefficient (Wildman–Crippen LogP) is 1.38. The average molecular weight is 253 g/mol. The summed E-state index contributed by atoms with van der Waals surface area (Å²) in [5, 5.41) is 0. The normalized spacial score (nSPS) is 34.1. The lowest BCUT2D eigenvalue weighted by Crippen LogP contribution is -2.59. The Hall–Kier alpha value is -0.610. The van der Waals surface area contributed by atoms with Gasteiger partial charge in [-0.25, -0.2) is 0 Å². The van der Waals surface area contributed by atoms with E-state index in [0.717, 1.165) is 32.2 Å². The van der Waals surface area contributed by atoms with E-state index in [9.17, 15) is 4.79 Å². The number of nitrogens with zero attached hydrogens (tertiary/aromatic N) is 1. The molecular weight excluding hydrogens is 226 g/mol. The Morgan fingerprint density at radius 2 is 1.83 bits per heavy atom. The van der Waals surface area contributed by atoms with Gasteiger partial charge >= 0.3 is 0 Å². The molecule has 0 saturated heterocycles. The van der Waals surface area contributed by atoms with E-state index in [1.54, 1.807) is 0 Å². The van der Waals surface area contributed by atoms with Crippen molar-refractivity contribution in [3.63, 3.8) is 0 Å². The van der Waals surface area contributed by atoms with Crippen molar-refractivity contribution in [1.82, 2.24) is 4.90 Å². The van der Waals surface area contributed by atoms with Gasteiger partial charge in [-0.05, 0) is 45.1 Å². The van der Waals surface area contributed by atoms with Crippen LogP contribution in [0.25, 0.3) is 0 Å². The molecular formula is C14H27N3O. The number of rotatable bonds is 4. The third kappa shape index (κ3) is 2.69. The number of carbonyl (C=O) groups is 1. The Morgan fingerprint density at radius 3 is 2.39 bits per heavy atom. The minimum absolute atomic E-state index is 0.324. The Bertz CT molecular complexity index is 301. The Kier molecular flexibility index (Phi) is 4.28. The molecule has 0 bridgehead atoms. The van der Waals surface area contributed by atoms with E-state index in [1.807, 2.05) is 0 Å². The lowest BCUT2D eigenvalue weighted by molar-refractivity contribution is -0.125. The third-order valence-corrected chi connectivity index (χ3v) is 4.88. The summed E-state index contributed by atoms with van der Waals surface area (Å²) in [4.78, 5) is 14.1. The summed E-state index contributed by atoms with van der Waals surface area (Å²) in [5.74, 6) is -0.324. The van der Waals surface area contributed by atoms with Crippen LogP contribution >= 0.6 is 0 Å². The van der Waals surface area contributed by atoms with Gasteiger partial charge in [-0.2, -0.15) is 0 Å². The highest BCUT2D eigenvalue weighted by Crippen LogP contribution is 2.33. The zero-order valence-electron chi connectivity index (χ0n) is 11.5. The van der Waals surface area contributed by atoms with Gasteiger partial charge in [-0.15, -0.1) is 0 Å². The highest BCUT2D eigenvalue weighted by Gasteiger charge is 2.40. The van der Waals surface area contributed by atoms with E-state index in [-0.39, 0.29) is 5.91 Å². The van der Waals surface area contributed by atoms with E-state index >= 15 is 0 Å². The van der Waals surface area contributed by atoms with Gasteiger partial charge in [0.25, 0.3) is 0 Å². The van der Waals surface area contributed by atoms with E-state index < -0.39 is 5.54 Å². The van der Waals surface area contributed by atoms with Crippen LogP contribution in [0.2, 0.25) is 0 Å². The van der Waals surface area contributed by atoms with Gasteiger partial charge in [0.05, 0.1) is 5.54 Å². The maximum atomic E-state index is 11.5. The predicted molar refractivity (Wildman–Crippen MR) is 73.0 cm³/mol. The topological polar surface area (TPSA) is 72.3 Å². The van der Waals surface area contributed by atoms with Crippen LogP contribution in [0.5, 0.6) is 0 Å². The molecule has 4 nitrogen and oxygen atoms in total. The van der Waals surface area contributed by atoms with Crippen LogP contribution in [-0.2, 0) is 4.79 Å². The molecule has 2 atom stereocenters. The number of nitrogens with two attached hydrogens (primary N) is 2. The zero-order valence-corrected chi connectivity index (χ0v) is 11.5. The SMILES string of the molecule is CCN(C1CCCC1)C1CCCC(N)(C(N)=O)C1. The Morgan fingerprint density at radius 1 is 1.22 bits per heavy atom. The molecule has 104 valence electrons. The fraction of sp³-hybridized carbons (Fsp3) is 0.929. The van der Waals surface area contributed by atoms with E-state index in [0.29, 0.717) is 12.1 Å². The van der Waals surface area contributed by atoms with Gasteiger partial charge in [-0.1, -0.05) is 19.8 Å². The number of primary amides is 1. The molecule has 0 aromatic carbocycles. The summed E-state index contributed by atoms with van der Waals surface area (Å²) in [5.41, 5.74) is 10.9. The molecule has 2 rings (SSSR count). The van der Waals surface area contributed by atoms with E-state index in [1.165, 1.54) is 25.7 Å². The van der Waals surface area contributed by atoms with E-state index in [4.69, 9.17) is 11.5 Å². The van der Waals surface area contributed by atoms with Gasteiger partial charge in [0, 0.05) is 12.1 Å². The van der Waals surface area contributed by atoms with Crippen LogP contribution in [-0.4, -0.2) is 35.0 Å². The lowest BCUT2D eigenvalue weighted by atomic mass is 9.78. The molecule has 4 N–H and O–H groups in total. The summed E-state index contributed by atoms with van der Waals surface area (Å²) in [6.07, 6.45) is 8.98. The van der Waals surface area contributed by atoms with Crippen molar-refractivity contribution in [2.45, 2.75) is 75.9 Å². The molecule has 1 amide bonds. The highest BCUT2D eigenvalue weighted by atomic mass is 16.1. The van der Waals surface area contributed by atoms with Gasteiger partial charge in [0.15, 0.2) is 0 Å². The van der Waals surface area contributed by atoms with Gasteiger partial charge < -0.3 is 11.5 Å². The molecule has 0 heterocycles. The lowest BCUT2D eigenvalue weighted by Gasteiger charge is -2.43. The second-order valence-corrected chi connectivity index (χ2v) is 6.04. The first-order valence-electron chi connectivity index (χ1n) is 7.41. The second kappa shape index (κ2) is 5.57. The van der Waals surface area contributed by atoms with E-state index in [2.05, 4.69) is 11.8 Å². The quantitative estimate of drug-likeness (QED) is 0.795. The maximum absolute atomic E-state index is 11.5. The van der Waals surface area contributed by atoms with Crippen LogP contribution in [0.3, 0.4) is 0 Å². The van der Waals surface area contributed by atoms with Crippen LogP contribution in [0.1, 0.15) is 58.3 Å². The molecule has 0 radical (unpaired) electrons. The molecule has 2 unspecified atom stereocenters. The monoisotopic (exact) mass is 253 g/mol. The fourth-order valence-electron chi connectivity index (χ4n) is 3.84. The molecule has 2 fully saturated rings. The summed E-state index contributed by atoms with van der Waals surface area (Å²) in [6.45, 7) is 3.28. The van der Waals surface area contributed by atoms with Crippen LogP contribution in [0.4, 0.5) is 0 Å². The molecule has 4 heteroatoms. The molecule has 2 aliphatic carbocycles. The van der Waals surface area contributed by atoms with Gasteiger partial charge in [-0.3, -0.25) is 9.69 Å². The zero-order chi connectivity index (χ0) is 13.2. The first kappa shape index (κ1) is 13.8. The van der Waals surface area contributed by atoms with Gasteiger partial charge in [0.2, 0.25) is 5.91 Å². The average Bonchev–Trinajstić information content (AvgIpc) is 2.84.